The van der Waals surface area contributed by atoms with Gasteiger partial charge in [0.1, 0.15) is 11.2 Å². The zero-order chi connectivity index (χ0) is 40.8. The van der Waals surface area contributed by atoms with Gasteiger partial charge in [0, 0.05) is 16.2 Å². The van der Waals surface area contributed by atoms with Crippen molar-refractivity contribution in [1.29, 1.82) is 0 Å². The van der Waals surface area contributed by atoms with Gasteiger partial charge in [-0.15, -0.1) is 0 Å². The van der Waals surface area contributed by atoms with Gasteiger partial charge >= 0.3 is 0 Å². The van der Waals surface area contributed by atoms with Gasteiger partial charge in [0.25, 0.3) is 0 Å². The van der Waals surface area contributed by atoms with Crippen molar-refractivity contribution in [2.75, 3.05) is 0 Å². The average molecular weight is 537 g/mol. The molecule has 190 valence electrons. The first-order valence-electron chi connectivity index (χ1n) is 20.8. The Kier molecular flexibility index (Phi) is 2.50. The van der Waals surface area contributed by atoms with E-state index >= 15 is 0 Å². The lowest BCUT2D eigenvalue weighted by Gasteiger charge is -2.18. The van der Waals surface area contributed by atoms with Crippen LogP contribution in [0.3, 0.4) is 0 Å². The molecule has 0 fully saturated rings. The van der Waals surface area contributed by atoms with E-state index in [9.17, 15) is 4.11 Å². The van der Waals surface area contributed by atoms with Crippen molar-refractivity contribution in [1.82, 2.24) is 0 Å². The minimum Gasteiger partial charge on any atom is -0.455 e. The molecule has 0 saturated carbocycles. The molecule has 0 N–H and O–H groups in total. The molecule has 0 aliphatic heterocycles. The molecule has 0 amide bonds. The van der Waals surface area contributed by atoms with Crippen LogP contribution in [-0.2, 0) is 0 Å². The van der Waals surface area contributed by atoms with Crippen LogP contribution in [0.1, 0.15) is 21.9 Å². The summed E-state index contributed by atoms with van der Waals surface area (Å²) in [7, 11) is 0. The van der Waals surface area contributed by atoms with Crippen LogP contribution in [-0.4, -0.2) is 0 Å². The van der Waals surface area contributed by atoms with Gasteiger partial charge in [-0.2, -0.15) is 0 Å². The summed E-state index contributed by atoms with van der Waals surface area (Å²) >= 11 is 0. The Hall–Kier alpha value is -5.40. The first kappa shape index (κ1) is 12.0. The maximum Gasteiger partial charge on any atom is 0.143 e. The van der Waals surface area contributed by atoms with Gasteiger partial charge in [0.15, 0.2) is 0 Å². The summed E-state index contributed by atoms with van der Waals surface area (Å²) in [5.74, 6) is 0. The monoisotopic (exact) mass is 536 g/mol. The molecule has 41 heavy (non-hydrogen) atoms. The molecule has 9 rings (SSSR count). The highest BCUT2D eigenvalue weighted by molar-refractivity contribution is 6.24. The fourth-order valence-corrected chi connectivity index (χ4v) is 5.70. The van der Waals surface area contributed by atoms with Gasteiger partial charge in [-0.1, -0.05) is 127 Å². The van der Waals surface area contributed by atoms with E-state index in [0.717, 1.165) is 0 Å². The van der Waals surface area contributed by atoms with Gasteiger partial charge in [0.2, 0.25) is 0 Å². The molecule has 0 bridgehead atoms. The third-order valence-corrected chi connectivity index (χ3v) is 7.43. The Morgan fingerprint density at radius 1 is 0.439 bits per heavy atom. The SMILES string of the molecule is [2H]c1c([2H])c([2H])c2c(-c3c4ccccc4c(-c4c([2H])c([2H])c5c(oc6c7c([2H])c([2H])c([2H])c([2H])c7c([2H])c([2H])c65)c4[2H])c4ccccc34)c([2H])c([2H])c([2H])c2c1[2H]. The van der Waals surface area contributed by atoms with E-state index in [1.807, 2.05) is 0 Å². The number of rotatable bonds is 2. The topological polar surface area (TPSA) is 13.1 Å². The molecule has 8 aromatic carbocycles. The number of fused-ring (bicyclic) bond motifs is 8. The summed E-state index contributed by atoms with van der Waals surface area (Å²) in [6.07, 6.45) is 0. The molecule has 0 radical (unpaired) electrons. The lowest BCUT2D eigenvalue weighted by atomic mass is 9.84. The average Bonchev–Trinajstić information content (AvgIpc) is 3.61. The van der Waals surface area contributed by atoms with Crippen LogP contribution in [0.25, 0.3) is 87.3 Å². The molecule has 0 unspecified atom stereocenters. The molecule has 0 spiro atoms. The van der Waals surface area contributed by atoms with Crippen LogP contribution in [0.5, 0.6) is 0 Å². The lowest BCUT2D eigenvalue weighted by molar-refractivity contribution is 0.673. The third-order valence-electron chi connectivity index (χ3n) is 7.43. The molecule has 0 atom stereocenters. The van der Waals surface area contributed by atoms with E-state index in [2.05, 4.69) is 0 Å². The second-order valence-electron chi connectivity index (χ2n) is 9.60. The Balaban J connectivity index is 1.48. The predicted molar refractivity (Wildman–Crippen MR) is 175 cm³/mol. The van der Waals surface area contributed by atoms with Crippen molar-refractivity contribution in [3.63, 3.8) is 0 Å². The van der Waals surface area contributed by atoms with Crippen molar-refractivity contribution in [2.45, 2.75) is 0 Å². The molecule has 0 aliphatic rings. The summed E-state index contributed by atoms with van der Waals surface area (Å²) in [6.45, 7) is 0. The third kappa shape index (κ3) is 3.24. The Bertz CT molecular complexity index is 3300. The quantitative estimate of drug-likeness (QED) is 0.200. The van der Waals surface area contributed by atoms with E-state index in [1.54, 1.807) is 48.5 Å². The van der Waals surface area contributed by atoms with Crippen LogP contribution in [0.2, 0.25) is 0 Å². The summed E-state index contributed by atoms with van der Waals surface area (Å²) in [4.78, 5) is 0. The maximum atomic E-state index is 9.59. The van der Waals surface area contributed by atoms with Crippen LogP contribution in [0, 0.1) is 0 Å². The molecule has 0 aliphatic carbocycles. The first-order valence-corrected chi connectivity index (χ1v) is 12.8. The molecule has 1 heteroatoms. The molecule has 1 heterocycles. The summed E-state index contributed by atoms with van der Waals surface area (Å²) < 4.78 is 147. The molecule has 1 aromatic heterocycles. The second kappa shape index (κ2) is 8.55. The van der Waals surface area contributed by atoms with Crippen molar-refractivity contribution in [2.24, 2.45) is 0 Å². The maximum absolute atomic E-state index is 9.59. The largest absolute Gasteiger partial charge is 0.455 e. The fraction of sp³-hybridized carbons (Fsp3) is 0. The van der Waals surface area contributed by atoms with E-state index in [0.29, 0.717) is 32.7 Å². The highest BCUT2D eigenvalue weighted by Crippen LogP contribution is 2.46. The second-order valence-corrected chi connectivity index (χ2v) is 9.60. The standard InChI is InChI=1S/C40H24O/c1-3-13-28-25(10-1)12-9-19-31(28)39-34-17-7-5-15-32(34)38(33-16-6-8-18-35(33)39)27-21-22-30-36-23-20-26-11-2-4-14-29(26)40(36)41-37(30)24-27/h1-24H/i1D,2D,3D,4D,9D,10D,11D,12D,13D,14D,19D,20D,21D,22D,23D,24D. The molecular weight excluding hydrogens is 496 g/mol. The predicted octanol–water partition coefficient (Wildman–Crippen LogP) is 11.5. The van der Waals surface area contributed by atoms with Crippen molar-refractivity contribution >= 4 is 65.0 Å². The summed E-state index contributed by atoms with van der Waals surface area (Å²) in [5.41, 5.74) is 0.0840. The van der Waals surface area contributed by atoms with Gasteiger partial charge in [0.05, 0.1) is 21.9 Å². The van der Waals surface area contributed by atoms with Crippen LogP contribution >= 0.6 is 0 Å². The minimum atomic E-state index is -0.600. The molecule has 0 saturated heterocycles. The zero-order valence-electron chi connectivity index (χ0n) is 37.0. The lowest BCUT2D eigenvalue weighted by Crippen LogP contribution is -1.91. The normalized spacial score (nSPS) is 17.4. The van der Waals surface area contributed by atoms with Gasteiger partial charge < -0.3 is 4.42 Å². The van der Waals surface area contributed by atoms with E-state index < -0.39 is 90.6 Å². The number of furan rings is 1. The highest BCUT2D eigenvalue weighted by Gasteiger charge is 2.19. The molecule has 9 aromatic rings. The summed E-state index contributed by atoms with van der Waals surface area (Å²) in [6, 6.07) is 5.37. The van der Waals surface area contributed by atoms with Crippen molar-refractivity contribution in [3.8, 4) is 22.3 Å². The van der Waals surface area contributed by atoms with E-state index in [-0.39, 0.29) is 60.7 Å². The van der Waals surface area contributed by atoms with Crippen LogP contribution < -0.4 is 0 Å². The van der Waals surface area contributed by atoms with Crippen LogP contribution in [0.4, 0.5) is 0 Å². The minimum absolute atomic E-state index is 0.00586. The molecular formula is C40H24O. The van der Waals surface area contributed by atoms with E-state index in [4.69, 9.17) is 22.2 Å². The Morgan fingerprint density at radius 2 is 1.02 bits per heavy atom. The molecule has 1 nitrogen and oxygen atoms in total. The number of hydrogen-bond acceptors (Lipinski definition) is 1. The Labute approximate surface area is 259 Å². The van der Waals surface area contributed by atoms with Gasteiger partial charge in [-0.25, -0.2) is 0 Å². The number of benzene rings is 8. The van der Waals surface area contributed by atoms with Crippen molar-refractivity contribution < 1.29 is 26.3 Å². The Morgan fingerprint density at radius 3 is 1.76 bits per heavy atom. The van der Waals surface area contributed by atoms with Crippen LogP contribution in [0.15, 0.2) is 150 Å². The van der Waals surface area contributed by atoms with E-state index in [1.165, 1.54) is 0 Å². The smallest absolute Gasteiger partial charge is 0.143 e. The van der Waals surface area contributed by atoms with Crippen molar-refractivity contribution in [3.05, 3.63) is 145 Å². The van der Waals surface area contributed by atoms with Gasteiger partial charge in [-0.05, 0) is 78.1 Å². The fourth-order valence-electron chi connectivity index (χ4n) is 5.70. The zero-order valence-corrected chi connectivity index (χ0v) is 21.0. The van der Waals surface area contributed by atoms with Gasteiger partial charge in [-0.3, -0.25) is 0 Å². The first-order chi connectivity index (χ1) is 27.0. The summed E-state index contributed by atoms with van der Waals surface area (Å²) in [5, 5.41) is 0.592. The number of hydrogen-bond donors (Lipinski definition) is 0. The highest BCUT2D eigenvalue weighted by atomic mass is 16.3.